The fraction of sp³-hybridized carbons (Fsp3) is 0.286. The van der Waals surface area contributed by atoms with Gasteiger partial charge in [-0.1, -0.05) is 18.2 Å². The van der Waals surface area contributed by atoms with Crippen molar-refractivity contribution in [3.05, 3.63) is 59.8 Å². The van der Waals surface area contributed by atoms with Crippen LogP contribution >= 0.6 is 0 Å². The zero-order valence-corrected chi connectivity index (χ0v) is 15.4. The largest absolute Gasteiger partial charge is 0.493 e. The number of ether oxygens (including phenoxy) is 2. The lowest BCUT2D eigenvalue weighted by Crippen LogP contribution is -2.25. The minimum absolute atomic E-state index is 0.111. The first-order valence-electron chi connectivity index (χ1n) is 8.69. The van der Waals surface area contributed by atoms with Gasteiger partial charge in [-0.3, -0.25) is 4.79 Å². The van der Waals surface area contributed by atoms with Crippen LogP contribution in [0.2, 0.25) is 0 Å². The van der Waals surface area contributed by atoms with Crippen molar-refractivity contribution in [2.24, 2.45) is 0 Å². The number of methoxy groups -OCH3 is 2. The number of fused-ring (bicyclic) bond motifs is 1. The van der Waals surface area contributed by atoms with Crippen LogP contribution in [-0.2, 0) is 6.54 Å². The molecule has 0 aliphatic heterocycles. The number of nitrogens with one attached hydrogen (secondary N) is 1. The molecule has 0 spiro atoms. The molecule has 136 valence electrons. The molecule has 2 aromatic carbocycles. The van der Waals surface area contributed by atoms with Gasteiger partial charge in [-0.05, 0) is 49.1 Å². The van der Waals surface area contributed by atoms with E-state index in [0.717, 1.165) is 13.0 Å². The van der Waals surface area contributed by atoms with Crippen LogP contribution in [0.3, 0.4) is 0 Å². The SMILES string of the molecule is COc1ccc(C(=O)NCCCn2c(C)cc3ccccc32)cc1OC. The van der Waals surface area contributed by atoms with Crippen LogP contribution in [0.5, 0.6) is 11.5 Å². The van der Waals surface area contributed by atoms with Crippen LogP contribution in [0.15, 0.2) is 48.5 Å². The van der Waals surface area contributed by atoms with E-state index in [2.05, 4.69) is 47.1 Å². The number of aryl methyl sites for hydroxylation is 2. The molecule has 0 unspecified atom stereocenters. The fourth-order valence-electron chi connectivity index (χ4n) is 3.16. The zero-order chi connectivity index (χ0) is 18.5. The summed E-state index contributed by atoms with van der Waals surface area (Å²) in [6.07, 6.45) is 0.860. The minimum Gasteiger partial charge on any atom is -0.493 e. The fourth-order valence-corrected chi connectivity index (χ4v) is 3.16. The highest BCUT2D eigenvalue weighted by atomic mass is 16.5. The Balaban J connectivity index is 1.58. The highest BCUT2D eigenvalue weighted by Gasteiger charge is 2.10. The monoisotopic (exact) mass is 352 g/mol. The van der Waals surface area contributed by atoms with Crippen LogP contribution in [0.4, 0.5) is 0 Å². The van der Waals surface area contributed by atoms with Gasteiger partial charge in [0.15, 0.2) is 11.5 Å². The molecule has 0 aliphatic carbocycles. The molecule has 0 fully saturated rings. The van der Waals surface area contributed by atoms with Gasteiger partial charge < -0.3 is 19.4 Å². The van der Waals surface area contributed by atoms with Gasteiger partial charge in [0.05, 0.1) is 14.2 Å². The van der Waals surface area contributed by atoms with Gasteiger partial charge in [0.2, 0.25) is 0 Å². The summed E-state index contributed by atoms with van der Waals surface area (Å²) in [4.78, 5) is 12.3. The first kappa shape index (κ1) is 17.9. The van der Waals surface area contributed by atoms with Crippen molar-refractivity contribution in [1.82, 2.24) is 9.88 Å². The molecule has 0 bridgehead atoms. The predicted octanol–water partition coefficient (Wildman–Crippen LogP) is 3.79. The Labute approximate surface area is 153 Å². The average molecular weight is 352 g/mol. The van der Waals surface area contributed by atoms with E-state index in [-0.39, 0.29) is 5.91 Å². The Hall–Kier alpha value is -2.95. The smallest absolute Gasteiger partial charge is 0.251 e. The number of carbonyl (C=O) groups is 1. The maximum atomic E-state index is 12.3. The van der Waals surface area contributed by atoms with E-state index in [1.54, 1.807) is 32.4 Å². The van der Waals surface area contributed by atoms with E-state index in [0.29, 0.717) is 23.6 Å². The van der Waals surface area contributed by atoms with Gasteiger partial charge in [-0.2, -0.15) is 0 Å². The van der Waals surface area contributed by atoms with Crippen LogP contribution in [0.1, 0.15) is 22.5 Å². The molecule has 1 aromatic heterocycles. The molecule has 0 aliphatic rings. The highest BCUT2D eigenvalue weighted by molar-refractivity contribution is 5.94. The third-order valence-corrected chi connectivity index (χ3v) is 4.51. The minimum atomic E-state index is -0.111. The highest BCUT2D eigenvalue weighted by Crippen LogP contribution is 2.27. The van der Waals surface area contributed by atoms with E-state index in [9.17, 15) is 4.79 Å². The summed E-state index contributed by atoms with van der Waals surface area (Å²) in [5.74, 6) is 1.05. The maximum absolute atomic E-state index is 12.3. The van der Waals surface area contributed by atoms with E-state index in [4.69, 9.17) is 9.47 Å². The van der Waals surface area contributed by atoms with Crippen LogP contribution in [-0.4, -0.2) is 31.2 Å². The Morgan fingerprint density at radius 2 is 1.81 bits per heavy atom. The van der Waals surface area contributed by atoms with Gasteiger partial charge in [0.1, 0.15) is 0 Å². The Morgan fingerprint density at radius 1 is 1.04 bits per heavy atom. The zero-order valence-electron chi connectivity index (χ0n) is 15.4. The lowest BCUT2D eigenvalue weighted by molar-refractivity contribution is 0.0952. The van der Waals surface area contributed by atoms with Crippen molar-refractivity contribution in [3.8, 4) is 11.5 Å². The first-order chi connectivity index (χ1) is 12.6. The van der Waals surface area contributed by atoms with Gasteiger partial charge in [-0.25, -0.2) is 0 Å². The maximum Gasteiger partial charge on any atom is 0.251 e. The number of carbonyl (C=O) groups excluding carboxylic acids is 1. The molecule has 1 amide bonds. The number of amides is 1. The molecule has 0 radical (unpaired) electrons. The van der Waals surface area contributed by atoms with Crippen molar-refractivity contribution >= 4 is 16.8 Å². The Kier molecular flexibility index (Phi) is 5.46. The molecule has 1 N–H and O–H groups in total. The molecule has 5 heteroatoms. The molecular formula is C21H24N2O3. The number of rotatable bonds is 7. The topological polar surface area (TPSA) is 52.5 Å². The second kappa shape index (κ2) is 7.95. The number of hydrogen-bond acceptors (Lipinski definition) is 3. The van der Waals surface area contributed by atoms with E-state index >= 15 is 0 Å². The number of benzene rings is 2. The van der Waals surface area contributed by atoms with Crippen LogP contribution in [0, 0.1) is 6.92 Å². The molecule has 3 aromatic rings. The van der Waals surface area contributed by atoms with Crippen molar-refractivity contribution < 1.29 is 14.3 Å². The average Bonchev–Trinajstić information content (AvgIpc) is 2.99. The molecule has 0 saturated heterocycles. The summed E-state index contributed by atoms with van der Waals surface area (Å²) in [5, 5.41) is 4.22. The standard InChI is InChI=1S/C21H24N2O3/c1-15-13-16-7-4-5-8-18(16)23(15)12-6-11-22-21(24)17-9-10-19(25-2)20(14-17)26-3/h4-5,7-10,13-14H,6,11-12H2,1-3H3,(H,22,24). The van der Waals surface area contributed by atoms with E-state index in [1.807, 2.05) is 0 Å². The molecule has 0 atom stereocenters. The summed E-state index contributed by atoms with van der Waals surface area (Å²) in [6, 6.07) is 15.7. The summed E-state index contributed by atoms with van der Waals surface area (Å²) < 4.78 is 12.7. The van der Waals surface area contributed by atoms with Gasteiger partial charge in [0, 0.05) is 29.9 Å². The molecule has 3 rings (SSSR count). The quantitative estimate of drug-likeness (QED) is 0.658. The van der Waals surface area contributed by atoms with Crippen LogP contribution < -0.4 is 14.8 Å². The van der Waals surface area contributed by atoms with E-state index < -0.39 is 0 Å². The van der Waals surface area contributed by atoms with Crippen molar-refractivity contribution in [1.29, 1.82) is 0 Å². The van der Waals surface area contributed by atoms with Gasteiger partial charge in [0.25, 0.3) is 5.91 Å². The Morgan fingerprint density at radius 3 is 2.58 bits per heavy atom. The normalized spacial score (nSPS) is 10.7. The van der Waals surface area contributed by atoms with Crippen molar-refractivity contribution in [2.45, 2.75) is 19.9 Å². The summed E-state index contributed by atoms with van der Waals surface area (Å²) >= 11 is 0. The number of nitrogens with zero attached hydrogens (tertiary/aromatic N) is 1. The summed E-state index contributed by atoms with van der Waals surface area (Å²) in [5.41, 5.74) is 3.03. The number of para-hydroxylation sites is 1. The second-order valence-electron chi connectivity index (χ2n) is 6.18. The van der Waals surface area contributed by atoms with Crippen molar-refractivity contribution in [2.75, 3.05) is 20.8 Å². The predicted molar refractivity (Wildman–Crippen MR) is 103 cm³/mol. The molecule has 0 saturated carbocycles. The third kappa shape index (κ3) is 3.67. The second-order valence-corrected chi connectivity index (χ2v) is 6.18. The molecule has 5 nitrogen and oxygen atoms in total. The number of hydrogen-bond donors (Lipinski definition) is 1. The molecular weight excluding hydrogens is 328 g/mol. The first-order valence-corrected chi connectivity index (χ1v) is 8.69. The van der Waals surface area contributed by atoms with Gasteiger partial charge in [-0.15, -0.1) is 0 Å². The van der Waals surface area contributed by atoms with Gasteiger partial charge >= 0.3 is 0 Å². The lowest BCUT2D eigenvalue weighted by Gasteiger charge is -2.11. The lowest BCUT2D eigenvalue weighted by atomic mass is 10.2. The van der Waals surface area contributed by atoms with E-state index in [1.165, 1.54) is 16.6 Å². The van der Waals surface area contributed by atoms with Crippen molar-refractivity contribution in [3.63, 3.8) is 0 Å². The molecule has 1 heterocycles. The number of aromatic nitrogens is 1. The summed E-state index contributed by atoms with van der Waals surface area (Å²) in [6.45, 7) is 3.59. The third-order valence-electron chi connectivity index (χ3n) is 4.51. The molecule has 26 heavy (non-hydrogen) atoms. The summed E-state index contributed by atoms with van der Waals surface area (Å²) in [7, 11) is 3.13. The Bertz CT molecular complexity index is 915. The van der Waals surface area contributed by atoms with Crippen LogP contribution in [0.25, 0.3) is 10.9 Å².